The molecule has 0 atom stereocenters. The average molecular weight is 417 g/mol. The third-order valence-corrected chi connectivity index (χ3v) is 6.11. The number of rotatable bonds is 4. The van der Waals surface area contributed by atoms with E-state index >= 15 is 0 Å². The number of sulfone groups is 1. The van der Waals surface area contributed by atoms with Gasteiger partial charge in [-0.15, -0.1) is 0 Å². The van der Waals surface area contributed by atoms with Gasteiger partial charge in [-0.1, -0.05) is 0 Å². The average Bonchev–Trinajstić information content (AvgIpc) is 3.23. The largest absolute Gasteiger partial charge is 0.284 e. The molecule has 0 fully saturated rings. The first-order chi connectivity index (χ1) is 13.8. The second-order valence-corrected chi connectivity index (χ2v) is 8.23. The maximum absolute atomic E-state index is 14.0. The van der Waals surface area contributed by atoms with E-state index in [4.69, 9.17) is 0 Å². The van der Waals surface area contributed by atoms with Gasteiger partial charge in [0.05, 0.1) is 40.6 Å². The Morgan fingerprint density at radius 3 is 2.62 bits per heavy atom. The van der Waals surface area contributed by atoms with Crippen molar-refractivity contribution >= 4 is 20.6 Å². The third-order valence-electron chi connectivity index (χ3n) is 4.39. The van der Waals surface area contributed by atoms with Crippen molar-refractivity contribution in [3.05, 3.63) is 76.2 Å². The van der Waals surface area contributed by atoms with Crippen LogP contribution in [-0.4, -0.2) is 33.4 Å². The summed E-state index contributed by atoms with van der Waals surface area (Å²) in [5.74, 6) is -1.67. The lowest BCUT2D eigenvalue weighted by Crippen LogP contribution is -2.24. The number of aryl methyl sites for hydroxylation is 1. The zero-order valence-corrected chi connectivity index (χ0v) is 15.7. The number of pyridine rings is 1. The summed E-state index contributed by atoms with van der Waals surface area (Å²) < 4.78 is 53.5. The zero-order valence-electron chi connectivity index (χ0n) is 14.9. The monoisotopic (exact) mass is 417 g/mol. The molecule has 0 aliphatic carbocycles. The second kappa shape index (κ2) is 6.85. The van der Waals surface area contributed by atoms with Crippen molar-refractivity contribution in [3.63, 3.8) is 0 Å². The molecule has 1 aromatic carbocycles. The number of benzene rings is 1. The van der Waals surface area contributed by atoms with Gasteiger partial charge >= 0.3 is 0 Å². The van der Waals surface area contributed by atoms with E-state index in [1.807, 2.05) is 0 Å². The smallest absolute Gasteiger partial charge is 0.274 e. The number of H-pyrrole nitrogens is 1. The highest BCUT2D eigenvalue weighted by molar-refractivity contribution is 7.91. The van der Waals surface area contributed by atoms with Crippen LogP contribution in [0.5, 0.6) is 0 Å². The molecule has 4 aromatic rings. The maximum Gasteiger partial charge on any atom is 0.274 e. The Bertz CT molecular complexity index is 1400. The van der Waals surface area contributed by atoms with Crippen molar-refractivity contribution in [1.82, 2.24) is 25.0 Å². The minimum Gasteiger partial charge on any atom is -0.284 e. The zero-order chi connectivity index (χ0) is 20.8. The molecule has 148 valence electrons. The molecule has 0 saturated heterocycles. The van der Waals surface area contributed by atoms with Crippen molar-refractivity contribution in [1.29, 1.82) is 0 Å². The molecule has 8 nitrogen and oxygen atoms in total. The highest BCUT2D eigenvalue weighted by Crippen LogP contribution is 2.22. The van der Waals surface area contributed by atoms with Gasteiger partial charge < -0.3 is 0 Å². The van der Waals surface area contributed by atoms with E-state index in [1.54, 1.807) is 0 Å². The molecule has 11 heteroatoms. The Balaban J connectivity index is 1.76. The van der Waals surface area contributed by atoms with Crippen molar-refractivity contribution in [2.24, 2.45) is 0 Å². The molecule has 1 N–H and O–H groups in total. The Morgan fingerprint density at radius 2 is 1.90 bits per heavy atom. The molecule has 3 heterocycles. The van der Waals surface area contributed by atoms with Gasteiger partial charge in [0.15, 0.2) is 0 Å². The first-order valence-corrected chi connectivity index (χ1v) is 9.81. The number of hydrogen-bond acceptors (Lipinski definition) is 6. The van der Waals surface area contributed by atoms with Gasteiger partial charge in [-0.2, -0.15) is 10.2 Å². The predicted molar refractivity (Wildman–Crippen MR) is 98.0 cm³/mol. The molecule has 0 amide bonds. The van der Waals surface area contributed by atoms with Crippen LogP contribution in [0.15, 0.2) is 57.4 Å². The van der Waals surface area contributed by atoms with E-state index < -0.39 is 27.0 Å². The Hall–Kier alpha value is -3.47. The summed E-state index contributed by atoms with van der Waals surface area (Å²) in [6.45, 7) is 1.09. The van der Waals surface area contributed by atoms with E-state index in [1.165, 1.54) is 43.7 Å². The van der Waals surface area contributed by atoms with Crippen LogP contribution < -0.4 is 5.56 Å². The molecule has 0 unspecified atom stereocenters. The van der Waals surface area contributed by atoms with Crippen LogP contribution in [0.3, 0.4) is 0 Å². The van der Waals surface area contributed by atoms with Crippen LogP contribution in [0.4, 0.5) is 8.78 Å². The van der Waals surface area contributed by atoms with E-state index in [9.17, 15) is 22.0 Å². The SMILES string of the molecule is Cc1nc(Cn2ncc3cc(S(=O)(=O)c4cn[nH]c4)ccc3c2=O)c(F)cc1F. The van der Waals surface area contributed by atoms with Crippen LogP contribution in [-0.2, 0) is 16.4 Å². The number of fused-ring (bicyclic) bond motifs is 1. The van der Waals surface area contributed by atoms with Crippen molar-refractivity contribution in [2.75, 3.05) is 0 Å². The normalized spacial score (nSPS) is 11.8. The molecule has 0 spiro atoms. The van der Waals surface area contributed by atoms with E-state index in [-0.39, 0.29) is 33.1 Å². The van der Waals surface area contributed by atoms with Crippen LogP contribution in [0.1, 0.15) is 11.4 Å². The lowest BCUT2D eigenvalue weighted by molar-refractivity contribution is 0.529. The molecule has 3 aromatic heterocycles. The minimum atomic E-state index is -3.80. The molecule has 29 heavy (non-hydrogen) atoms. The molecule has 0 saturated carbocycles. The number of aromatic amines is 1. The highest BCUT2D eigenvalue weighted by atomic mass is 32.2. The number of halogens is 2. The Labute approximate surface area is 162 Å². The van der Waals surface area contributed by atoms with Gasteiger partial charge in [-0.25, -0.2) is 21.9 Å². The topological polar surface area (TPSA) is 111 Å². The highest BCUT2D eigenvalue weighted by Gasteiger charge is 2.20. The number of hydrogen-bond donors (Lipinski definition) is 1. The van der Waals surface area contributed by atoms with E-state index in [0.29, 0.717) is 11.5 Å². The fourth-order valence-corrected chi connectivity index (χ4v) is 4.03. The fourth-order valence-electron chi connectivity index (χ4n) is 2.83. The Morgan fingerprint density at radius 1 is 1.10 bits per heavy atom. The van der Waals surface area contributed by atoms with Crippen LogP contribution in [0.2, 0.25) is 0 Å². The minimum absolute atomic E-state index is 0.00401. The van der Waals surface area contributed by atoms with Crippen molar-refractivity contribution < 1.29 is 17.2 Å². The summed E-state index contributed by atoms with van der Waals surface area (Å²) in [5.41, 5.74) is -0.681. The summed E-state index contributed by atoms with van der Waals surface area (Å²) in [7, 11) is -3.80. The second-order valence-electron chi connectivity index (χ2n) is 6.28. The molecule has 0 aliphatic heterocycles. The number of nitrogens with one attached hydrogen (secondary N) is 1. The first kappa shape index (κ1) is 18.9. The van der Waals surface area contributed by atoms with Gasteiger partial charge in [0.2, 0.25) is 9.84 Å². The van der Waals surface area contributed by atoms with E-state index in [2.05, 4.69) is 20.3 Å². The van der Waals surface area contributed by atoms with Gasteiger partial charge in [-0.3, -0.25) is 14.9 Å². The summed E-state index contributed by atoms with van der Waals surface area (Å²) in [5, 5.41) is 10.5. The fraction of sp³-hybridized carbons (Fsp3) is 0.111. The van der Waals surface area contributed by atoms with Crippen LogP contribution >= 0.6 is 0 Å². The third kappa shape index (κ3) is 3.29. The predicted octanol–water partition coefficient (Wildman–Crippen LogP) is 1.98. The van der Waals surface area contributed by atoms with Gasteiger partial charge in [0.25, 0.3) is 5.56 Å². The standard InChI is InChI=1S/C18H13F2N5O3S/c1-10-15(19)5-16(20)17(24-10)9-25-18(26)14-3-2-12(4-11(14)6-23-25)29(27,28)13-7-21-22-8-13/h2-8H,9H2,1H3,(H,21,22). The lowest BCUT2D eigenvalue weighted by Gasteiger charge is -2.09. The molecular weight excluding hydrogens is 404 g/mol. The summed E-state index contributed by atoms with van der Waals surface area (Å²) in [6, 6.07) is 4.70. The maximum atomic E-state index is 14.0. The van der Waals surface area contributed by atoms with Gasteiger partial charge in [-0.05, 0) is 25.1 Å². The van der Waals surface area contributed by atoms with Crippen molar-refractivity contribution in [3.8, 4) is 0 Å². The van der Waals surface area contributed by atoms with Crippen LogP contribution in [0.25, 0.3) is 10.8 Å². The molecular formula is C18H13F2N5O3S. The lowest BCUT2D eigenvalue weighted by atomic mass is 10.2. The number of nitrogens with zero attached hydrogens (tertiary/aromatic N) is 4. The van der Waals surface area contributed by atoms with Gasteiger partial charge in [0.1, 0.15) is 16.5 Å². The van der Waals surface area contributed by atoms with Crippen LogP contribution in [0, 0.1) is 18.6 Å². The molecule has 0 bridgehead atoms. The van der Waals surface area contributed by atoms with Gasteiger partial charge in [0, 0.05) is 17.6 Å². The summed E-state index contributed by atoms with van der Waals surface area (Å²) in [6.07, 6.45) is 3.74. The molecule has 0 radical (unpaired) electrons. The summed E-state index contributed by atoms with van der Waals surface area (Å²) >= 11 is 0. The first-order valence-electron chi connectivity index (χ1n) is 8.32. The van der Waals surface area contributed by atoms with Crippen molar-refractivity contribution in [2.45, 2.75) is 23.3 Å². The summed E-state index contributed by atoms with van der Waals surface area (Å²) in [4.78, 5) is 16.5. The molecule has 0 aliphatic rings. The number of aromatic nitrogens is 5. The molecule has 4 rings (SSSR count). The quantitative estimate of drug-likeness (QED) is 0.544. The Kier molecular flexibility index (Phi) is 4.46. The van der Waals surface area contributed by atoms with E-state index in [0.717, 1.165) is 4.68 Å².